The molecule has 0 heterocycles. The van der Waals surface area contributed by atoms with Crippen molar-refractivity contribution in [3.63, 3.8) is 0 Å². The highest BCUT2D eigenvalue weighted by Gasteiger charge is 2.10. The van der Waals surface area contributed by atoms with Gasteiger partial charge in [-0.15, -0.1) is 0 Å². The highest BCUT2D eigenvalue weighted by atomic mass is 16.5. The molecule has 120 valence electrons. The van der Waals surface area contributed by atoms with Gasteiger partial charge in [0, 0.05) is 5.56 Å². The van der Waals surface area contributed by atoms with E-state index in [1.165, 1.54) is 12.5 Å². The highest BCUT2D eigenvalue weighted by Crippen LogP contribution is 2.14. The van der Waals surface area contributed by atoms with E-state index in [1.807, 2.05) is 38.1 Å². The summed E-state index contributed by atoms with van der Waals surface area (Å²) in [5.41, 5.74) is 2.86. The quantitative estimate of drug-likeness (QED) is 0.831. The van der Waals surface area contributed by atoms with Crippen molar-refractivity contribution >= 4 is 11.7 Å². The number of carbonyl (C=O) groups is 2. The minimum Gasteiger partial charge on any atom is -0.484 e. The number of benzene rings is 2. The first-order valence-corrected chi connectivity index (χ1v) is 7.55. The van der Waals surface area contributed by atoms with Crippen molar-refractivity contribution in [2.24, 2.45) is 0 Å². The number of ether oxygens (including phenoxy) is 1. The molecular formula is C19H21NO3. The minimum atomic E-state index is -0.186. The smallest absolute Gasteiger partial charge is 0.258 e. The highest BCUT2D eigenvalue weighted by molar-refractivity contribution is 5.94. The largest absolute Gasteiger partial charge is 0.484 e. The number of hydrogen-bond acceptors (Lipinski definition) is 3. The van der Waals surface area contributed by atoms with Crippen LogP contribution >= 0.6 is 0 Å². The summed E-state index contributed by atoms with van der Waals surface area (Å²) in [7, 11) is 0. The van der Waals surface area contributed by atoms with Gasteiger partial charge in [-0.05, 0) is 50.6 Å². The number of Topliss-reactive ketones (excluding diaryl/α,β-unsaturated/α-hetero) is 1. The maximum absolute atomic E-state index is 12.0. The average Bonchev–Trinajstić information content (AvgIpc) is 2.54. The molecule has 0 aliphatic heterocycles. The predicted octanol–water partition coefficient (Wildman–Crippen LogP) is 3.45. The summed E-state index contributed by atoms with van der Waals surface area (Å²) in [5, 5.41) is 2.90. The molecule has 0 aromatic heterocycles. The molecule has 4 nitrogen and oxygen atoms in total. The SMILES string of the molecule is CC(=O)c1ccc(OCC(=O)NC(C)c2ccc(C)cc2)cc1. The summed E-state index contributed by atoms with van der Waals surface area (Å²) in [5.74, 6) is 0.378. The second kappa shape index (κ2) is 7.58. The second-order valence-electron chi connectivity index (χ2n) is 5.57. The van der Waals surface area contributed by atoms with E-state index in [-0.39, 0.29) is 24.3 Å². The summed E-state index contributed by atoms with van der Waals surface area (Å²) in [6.07, 6.45) is 0. The number of amides is 1. The standard InChI is InChI=1S/C19H21NO3/c1-13-4-6-16(7-5-13)14(2)20-19(22)12-23-18-10-8-17(9-11-18)15(3)21/h4-11,14H,12H2,1-3H3,(H,20,22). The van der Waals surface area contributed by atoms with Crippen LogP contribution in [0.1, 0.15) is 41.4 Å². The van der Waals surface area contributed by atoms with Crippen molar-refractivity contribution in [2.75, 3.05) is 6.61 Å². The lowest BCUT2D eigenvalue weighted by Gasteiger charge is -2.15. The monoisotopic (exact) mass is 311 g/mol. The van der Waals surface area contributed by atoms with Crippen LogP contribution < -0.4 is 10.1 Å². The van der Waals surface area contributed by atoms with E-state index in [0.717, 1.165) is 5.56 Å². The number of aryl methyl sites for hydroxylation is 1. The first-order valence-electron chi connectivity index (χ1n) is 7.55. The molecule has 23 heavy (non-hydrogen) atoms. The van der Waals surface area contributed by atoms with Gasteiger partial charge in [0.1, 0.15) is 5.75 Å². The lowest BCUT2D eigenvalue weighted by atomic mass is 10.1. The van der Waals surface area contributed by atoms with E-state index in [0.29, 0.717) is 11.3 Å². The molecule has 0 saturated carbocycles. The molecule has 4 heteroatoms. The van der Waals surface area contributed by atoms with Gasteiger partial charge in [0.05, 0.1) is 6.04 Å². The first kappa shape index (κ1) is 16.7. The van der Waals surface area contributed by atoms with Gasteiger partial charge in [0.2, 0.25) is 0 Å². The molecule has 1 N–H and O–H groups in total. The molecule has 2 rings (SSSR count). The van der Waals surface area contributed by atoms with Gasteiger partial charge >= 0.3 is 0 Å². The predicted molar refractivity (Wildman–Crippen MR) is 89.7 cm³/mol. The van der Waals surface area contributed by atoms with E-state index in [1.54, 1.807) is 24.3 Å². The van der Waals surface area contributed by atoms with Crippen LogP contribution in [0.4, 0.5) is 0 Å². The van der Waals surface area contributed by atoms with Gasteiger partial charge in [-0.1, -0.05) is 29.8 Å². The van der Waals surface area contributed by atoms with Crippen molar-refractivity contribution in [1.82, 2.24) is 5.32 Å². The Labute approximate surface area is 136 Å². The molecule has 0 spiro atoms. The zero-order chi connectivity index (χ0) is 16.8. The van der Waals surface area contributed by atoms with Gasteiger partial charge in [0.25, 0.3) is 5.91 Å². The molecule has 1 atom stereocenters. The normalized spacial score (nSPS) is 11.6. The zero-order valence-electron chi connectivity index (χ0n) is 13.6. The zero-order valence-corrected chi connectivity index (χ0v) is 13.6. The molecule has 0 bridgehead atoms. The Morgan fingerprint density at radius 2 is 1.65 bits per heavy atom. The molecule has 0 aliphatic carbocycles. The number of nitrogens with one attached hydrogen (secondary N) is 1. The lowest BCUT2D eigenvalue weighted by Crippen LogP contribution is -2.31. The molecule has 2 aromatic rings. The Morgan fingerprint density at radius 3 is 2.22 bits per heavy atom. The van der Waals surface area contributed by atoms with Crippen LogP contribution in [0, 0.1) is 6.92 Å². The molecule has 1 unspecified atom stereocenters. The summed E-state index contributed by atoms with van der Waals surface area (Å²) in [4.78, 5) is 23.1. The first-order chi connectivity index (χ1) is 11.0. The summed E-state index contributed by atoms with van der Waals surface area (Å²) < 4.78 is 5.44. The fraction of sp³-hybridized carbons (Fsp3) is 0.263. The molecule has 1 amide bonds. The average molecular weight is 311 g/mol. The third-order valence-electron chi connectivity index (χ3n) is 3.59. The van der Waals surface area contributed by atoms with E-state index in [4.69, 9.17) is 4.74 Å². The van der Waals surface area contributed by atoms with Crippen LogP contribution in [0.3, 0.4) is 0 Å². The molecule has 0 fully saturated rings. The number of ketones is 1. The van der Waals surface area contributed by atoms with Crippen LogP contribution in [-0.2, 0) is 4.79 Å². The maximum Gasteiger partial charge on any atom is 0.258 e. The van der Waals surface area contributed by atoms with Crippen LogP contribution in [0.25, 0.3) is 0 Å². The Morgan fingerprint density at radius 1 is 1.04 bits per heavy atom. The number of rotatable bonds is 6. The van der Waals surface area contributed by atoms with Crippen molar-refractivity contribution in [3.8, 4) is 5.75 Å². The summed E-state index contributed by atoms with van der Waals surface area (Å²) in [6, 6.07) is 14.7. The fourth-order valence-electron chi connectivity index (χ4n) is 2.16. The molecule has 0 aliphatic rings. The number of hydrogen-bond donors (Lipinski definition) is 1. The molecule has 0 radical (unpaired) electrons. The molecule has 0 saturated heterocycles. The van der Waals surface area contributed by atoms with Crippen molar-refractivity contribution in [1.29, 1.82) is 0 Å². The van der Waals surface area contributed by atoms with Gasteiger partial charge in [-0.25, -0.2) is 0 Å². The van der Waals surface area contributed by atoms with Crippen LogP contribution in [0.5, 0.6) is 5.75 Å². The minimum absolute atomic E-state index is 0.00113. The fourth-order valence-corrected chi connectivity index (χ4v) is 2.16. The Kier molecular flexibility index (Phi) is 5.52. The summed E-state index contributed by atoms with van der Waals surface area (Å²) in [6.45, 7) is 5.41. The van der Waals surface area contributed by atoms with Gasteiger partial charge < -0.3 is 10.1 Å². The van der Waals surface area contributed by atoms with Gasteiger partial charge in [0.15, 0.2) is 12.4 Å². The maximum atomic E-state index is 12.0. The number of carbonyl (C=O) groups excluding carboxylic acids is 2. The van der Waals surface area contributed by atoms with E-state index >= 15 is 0 Å². The molecular weight excluding hydrogens is 290 g/mol. The van der Waals surface area contributed by atoms with E-state index < -0.39 is 0 Å². The topological polar surface area (TPSA) is 55.4 Å². The second-order valence-corrected chi connectivity index (χ2v) is 5.57. The van der Waals surface area contributed by atoms with Gasteiger partial charge in [-0.2, -0.15) is 0 Å². The molecule has 2 aromatic carbocycles. The van der Waals surface area contributed by atoms with E-state index in [2.05, 4.69) is 5.32 Å². The Bertz CT molecular complexity index is 675. The Balaban J connectivity index is 1.84. The van der Waals surface area contributed by atoms with Crippen LogP contribution in [0.15, 0.2) is 48.5 Å². The van der Waals surface area contributed by atoms with Crippen LogP contribution in [-0.4, -0.2) is 18.3 Å². The van der Waals surface area contributed by atoms with Crippen molar-refractivity contribution in [3.05, 3.63) is 65.2 Å². The Hall–Kier alpha value is -2.62. The van der Waals surface area contributed by atoms with E-state index in [9.17, 15) is 9.59 Å². The lowest BCUT2D eigenvalue weighted by molar-refractivity contribution is -0.123. The van der Waals surface area contributed by atoms with Crippen molar-refractivity contribution in [2.45, 2.75) is 26.8 Å². The third kappa shape index (κ3) is 4.95. The van der Waals surface area contributed by atoms with Crippen molar-refractivity contribution < 1.29 is 14.3 Å². The van der Waals surface area contributed by atoms with Gasteiger partial charge in [-0.3, -0.25) is 9.59 Å². The third-order valence-corrected chi connectivity index (χ3v) is 3.59. The summed E-state index contributed by atoms with van der Waals surface area (Å²) >= 11 is 0. The van der Waals surface area contributed by atoms with Crippen LogP contribution in [0.2, 0.25) is 0 Å².